The van der Waals surface area contributed by atoms with Crippen molar-refractivity contribution in [2.75, 3.05) is 0 Å². The molecule has 3 rings (SSSR count). The van der Waals surface area contributed by atoms with Crippen LogP contribution in [0.3, 0.4) is 0 Å². The van der Waals surface area contributed by atoms with Crippen LogP contribution in [-0.4, -0.2) is 0 Å². The van der Waals surface area contributed by atoms with Gasteiger partial charge in [0.25, 0.3) is 0 Å². The average Bonchev–Trinajstić information content (AvgIpc) is 2.59. The van der Waals surface area contributed by atoms with Gasteiger partial charge in [0.05, 0.1) is 5.56 Å². The molecule has 2 aromatic carbocycles. The van der Waals surface area contributed by atoms with Crippen LogP contribution in [0.15, 0.2) is 24.3 Å². The third kappa shape index (κ3) is 4.06. The Hall–Kier alpha value is -1.55. The fourth-order valence-corrected chi connectivity index (χ4v) is 4.01. The topological polar surface area (TPSA) is 0 Å². The molecule has 0 N–H and O–H groups in total. The third-order valence-corrected chi connectivity index (χ3v) is 5.80. The maximum absolute atomic E-state index is 14.5. The lowest BCUT2D eigenvalue weighted by atomic mass is 9.78. The lowest BCUT2D eigenvalue weighted by molar-refractivity contribution is 0.268. The first-order valence-corrected chi connectivity index (χ1v) is 9.39. The van der Waals surface area contributed by atoms with Gasteiger partial charge in [-0.1, -0.05) is 37.8 Å². The van der Waals surface area contributed by atoms with E-state index in [1.165, 1.54) is 18.6 Å². The number of halogens is 5. The highest BCUT2D eigenvalue weighted by atomic mass is 35.5. The van der Waals surface area contributed by atoms with Crippen molar-refractivity contribution in [3.63, 3.8) is 0 Å². The first-order chi connectivity index (χ1) is 12.4. The van der Waals surface area contributed by atoms with Gasteiger partial charge in [-0.15, -0.1) is 0 Å². The second kappa shape index (κ2) is 7.99. The van der Waals surface area contributed by atoms with E-state index in [0.717, 1.165) is 43.7 Å². The molecule has 0 saturated heterocycles. The highest BCUT2D eigenvalue weighted by Crippen LogP contribution is 2.35. The molecule has 0 unspecified atom stereocenters. The molecule has 0 aromatic heterocycles. The van der Waals surface area contributed by atoms with E-state index in [2.05, 4.69) is 6.92 Å². The first kappa shape index (κ1) is 19.2. The highest BCUT2D eigenvalue weighted by molar-refractivity contribution is 6.31. The zero-order valence-electron chi connectivity index (χ0n) is 14.6. The van der Waals surface area contributed by atoms with E-state index in [1.54, 1.807) is 0 Å². The van der Waals surface area contributed by atoms with Gasteiger partial charge in [-0.3, -0.25) is 0 Å². The Kier molecular flexibility index (Phi) is 5.91. The number of rotatable bonds is 4. The van der Waals surface area contributed by atoms with Gasteiger partial charge in [0.1, 0.15) is 28.3 Å². The van der Waals surface area contributed by atoms with Crippen molar-refractivity contribution in [3.05, 3.63) is 58.1 Å². The van der Waals surface area contributed by atoms with Crippen LogP contribution in [0.1, 0.15) is 44.6 Å². The molecular formula is C21H21ClF4. The Morgan fingerprint density at radius 2 is 1.31 bits per heavy atom. The van der Waals surface area contributed by atoms with Gasteiger partial charge in [0.2, 0.25) is 0 Å². The van der Waals surface area contributed by atoms with Crippen molar-refractivity contribution >= 4 is 11.6 Å². The van der Waals surface area contributed by atoms with E-state index in [9.17, 15) is 17.6 Å². The molecule has 0 radical (unpaired) electrons. The minimum atomic E-state index is -1.04. The summed E-state index contributed by atoms with van der Waals surface area (Å²) < 4.78 is 56.3. The van der Waals surface area contributed by atoms with Crippen molar-refractivity contribution in [3.8, 4) is 11.1 Å². The third-order valence-electron chi connectivity index (χ3n) is 5.44. The molecule has 1 aliphatic rings. The molecular weight excluding hydrogens is 364 g/mol. The highest BCUT2D eigenvalue weighted by Gasteiger charge is 2.22. The van der Waals surface area contributed by atoms with Crippen LogP contribution in [0.25, 0.3) is 11.1 Å². The first-order valence-electron chi connectivity index (χ1n) is 9.01. The Morgan fingerprint density at radius 3 is 1.81 bits per heavy atom. The zero-order valence-corrected chi connectivity index (χ0v) is 15.4. The molecule has 1 fully saturated rings. The summed E-state index contributed by atoms with van der Waals surface area (Å²) in [6.45, 7) is 2.19. The van der Waals surface area contributed by atoms with Gasteiger partial charge < -0.3 is 0 Å². The summed E-state index contributed by atoms with van der Waals surface area (Å²) in [6.07, 6.45) is 6.25. The van der Waals surface area contributed by atoms with Crippen LogP contribution in [-0.2, 0) is 6.42 Å². The molecule has 1 saturated carbocycles. The second-order valence-corrected chi connectivity index (χ2v) is 7.57. The zero-order chi connectivity index (χ0) is 18.8. The molecule has 2 aromatic rings. The van der Waals surface area contributed by atoms with Gasteiger partial charge in [-0.2, -0.15) is 0 Å². The van der Waals surface area contributed by atoms with E-state index in [4.69, 9.17) is 11.6 Å². The molecule has 26 heavy (non-hydrogen) atoms. The number of benzene rings is 2. The summed E-state index contributed by atoms with van der Waals surface area (Å²) in [6, 6.07) is 4.24. The van der Waals surface area contributed by atoms with E-state index in [-0.39, 0.29) is 5.56 Å². The van der Waals surface area contributed by atoms with E-state index in [1.807, 2.05) is 0 Å². The van der Waals surface area contributed by atoms with Crippen LogP contribution in [0.5, 0.6) is 0 Å². The minimum absolute atomic E-state index is 0.200. The van der Waals surface area contributed by atoms with Crippen LogP contribution in [0, 0.1) is 35.1 Å². The summed E-state index contributed by atoms with van der Waals surface area (Å²) in [5.41, 5.74) is -0.0501. The quantitative estimate of drug-likeness (QED) is 0.382. The molecule has 140 valence electrons. The minimum Gasteiger partial charge on any atom is -0.206 e. The predicted molar refractivity (Wildman–Crippen MR) is 96.2 cm³/mol. The Balaban J connectivity index is 1.83. The Morgan fingerprint density at radius 1 is 0.808 bits per heavy atom. The fraction of sp³-hybridized carbons (Fsp3) is 0.429. The van der Waals surface area contributed by atoms with Gasteiger partial charge in [0, 0.05) is 0 Å². The molecule has 0 nitrogen and oxygen atoms in total. The van der Waals surface area contributed by atoms with Gasteiger partial charge in [-0.05, 0) is 66.5 Å². The Labute approximate surface area is 156 Å². The molecule has 0 spiro atoms. The lowest BCUT2D eigenvalue weighted by Gasteiger charge is -2.27. The Bertz CT molecular complexity index is 749. The monoisotopic (exact) mass is 384 g/mol. The molecule has 0 atom stereocenters. The fourth-order valence-electron chi connectivity index (χ4n) is 3.90. The van der Waals surface area contributed by atoms with Crippen LogP contribution in [0.2, 0.25) is 5.02 Å². The summed E-state index contributed by atoms with van der Waals surface area (Å²) >= 11 is 5.43. The van der Waals surface area contributed by atoms with Gasteiger partial charge in [0.15, 0.2) is 0 Å². The summed E-state index contributed by atoms with van der Waals surface area (Å²) in [7, 11) is 0. The van der Waals surface area contributed by atoms with Gasteiger partial charge in [-0.25, -0.2) is 17.6 Å². The SMILES string of the molecule is CCC1CCC(Cc2cc(F)c(-c3cc(F)c(Cl)c(F)c3)c(F)c2)CC1. The predicted octanol–water partition coefficient (Wildman–Crippen LogP) is 7.32. The standard InChI is InChI=1S/C21H21ClF4/c1-2-12-3-5-13(6-4-12)7-14-8-16(23)20(17(24)9-14)15-10-18(25)21(22)19(26)11-15/h8-13H,2-7H2,1H3. The molecule has 0 bridgehead atoms. The maximum Gasteiger partial charge on any atom is 0.145 e. The lowest BCUT2D eigenvalue weighted by Crippen LogP contribution is -2.16. The van der Waals surface area contributed by atoms with Crippen molar-refractivity contribution in [2.45, 2.75) is 45.4 Å². The van der Waals surface area contributed by atoms with Crippen LogP contribution < -0.4 is 0 Å². The van der Waals surface area contributed by atoms with Crippen molar-refractivity contribution in [1.82, 2.24) is 0 Å². The molecule has 0 amide bonds. The number of hydrogen-bond donors (Lipinski definition) is 0. The molecule has 5 heteroatoms. The second-order valence-electron chi connectivity index (χ2n) is 7.19. The normalized spacial score (nSPS) is 20.4. The molecule has 0 aliphatic heterocycles. The van der Waals surface area contributed by atoms with E-state index < -0.39 is 33.9 Å². The number of hydrogen-bond acceptors (Lipinski definition) is 0. The molecule has 1 aliphatic carbocycles. The largest absolute Gasteiger partial charge is 0.206 e. The average molecular weight is 385 g/mol. The smallest absolute Gasteiger partial charge is 0.145 e. The van der Waals surface area contributed by atoms with Crippen LogP contribution in [0.4, 0.5) is 17.6 Å². The maximum atomic E-state index is 14.5. The van der Waals surface area contributed by atoms with Gasteiger partial charge >= 0.3 is 0 Å². The van der Waals surface area contributed by atoms with Crippen molar-refractivity contribution in [2.24, 2.45) is 11.8 Å². The van der Waals surface area contributed by atoms with Crippen LogP contribution >= 0.6 is 11.6 Å². The summed E-state index contributed by atoms with van der Waals surface area (Å²) in [5, 5.41) is -0.686. The summed E-state index contributed by atoms with van der Waals surface area (Å²) in [5.74, 6) is -2.54. The van der Waals surface area contributed by atoms with Crippen molar-refractivity contribution in [1.29, 1.82) is 0 Å². The van der Waals surface area contributed by atoms with E-state index in [0.29, 0.717) is 17.9 Å². The van der Waals surface area contributed by atoms with E-state index >= 15 is 0 Å². The molecule has 0 heterocycles. The summed E-state index contributed by atoms with van der Waals surface area (Å²) in [4.78, 5) is 0. The van der Waals surface area contributed by atoms with Crippen molar-refractivity contribution < 1.29 is 17.6 Å².